The smallest absolute Gasteiger partial charge is 0.283 e. The van der Waals surface area contributed by atoms with E-state index in [1.54, 1.807) is 6.92 Å². The zero-order chi connectivity index (χ0) is 21.2. The Bertz CT molecular complexity index is 978. The number of amidine groups is 1. The molecule has 0 bridgehead atoms. The van der Waals surface area contributed by atoms with Crippen LogP contribution in [-0.4, -0.2) is 28.5 Å². The summed E-state index contributed by atoms with van der Waals surface area (Å²) < 4.78 is 44.9. The minimum absolute atomic E-state index is 0.0810. The van der Waals surface area contributed by atoms with E-state index < -0.39 is 29.4 Å². The molecule has 2 heterocycles. The van der Waals surface area contributed by atoms with Crippen molar-refractivity contribution in [3.63, 3.8) is 0 Å². The number of nitrogens with one attached hydrogen (secondary N) is 1. The van der Waals surface area contributed by atoms with Crippen LogP contribution in [0.3, 0.4) is 0 Å². The number of halogens is 3. The van der Waals surface area contributed by atoms with E-state index in [0.29, 0.717) is 12.0 Å². The Kier molecular flexibility index (Phi) is 5.53. The van der Waals surface area contributed by atoms with E-state index in [4.69, 9.17) is 10.5 Å². The highest BCUT2D eigenvalue weighted by atomic mass is 19.3. The van der Waals surface area contributed by atoms with Crippen LogP contribution in [0.25, 0.3) is 0 Å². The first-order chi connectivity index (χ1) is 13.7. The molecule has 1 amide bonds. The molecule has 7 nitrogen and oxygen atoms in total. The Balaban J connectivity index is 1.92. The SMILES string of the molecule is C=C(C)C1(c2cc(NC(=O)c3cnc(C(F)F)cn3)ccc2F)CCOC(N)=N1. The second-order valence-corrected chi connectivity index (χ2v) is 6.47. The van der Waals surface area contributed by atoms with Gasteiger partial charge in [-0.2, -0.15) is 0 Å². The minimum Gasteiger partial charge on any atom is -0.465 e. The molecule has 1 aromatic carbocycles. The molecule has 3 N–H and O–H groups in total. The first kappa shape index (κ1) is 20.3. The van der Waals surface area contributed by atoms with Crippen molar-refractivity contribution in [2.75, 3.05) is 11.9 Å². The second kappa shape index (κ2) is 7.90. The predicted octanol–water partition coefficient (Wildman–Crippen LogP) is 3.31. The summed E-state index contributed by atoms with van der Waals surface area (Å²) in [6.45, 7) is 5.84. The van der Waals surface area contributed by atoms with Gasteiger partial charge in [-0.05, 0) is 30.7 Å². The van der Waals surface area contributed by atoms with Gasteiger partial charge in [0.15, 0.2) is 0 Å². The number of amides is 1. The van der Waals surface area contributed by atoms with E-state index in [2.05, 4.69) is 26.9 Å². The van der Waals surface area contributed by atoms with Gasteiger partial charge < -0.3 is 15.8 Å². The molecule has 1 aliphatic rings. The zero-order valence-electron chi connectivity index (χ0n) is 15.5. The van der Waals surface area contributed by atoms with Gasteiger partial charge in [-0.25, -0.2) is 23.1 Å². The number of rotatable bonds is 5. The molecule has 0 radical (unpaired) electrons. The average Bonchev–Trinajstić information content (AvgIpc) is 2.69. The molecule has 10 heteroatoms. The maximum absolute atomic E-state index is 14.7. The van der Waals surface area contributed by atoms with Crippen LogP contribution in [0.4, 0.5) is 18.9 Å². The van der Waals surface area contributed by atoms with Crippen molar-refractivity contribution in [3.05, 3.63) is 65.5 Å². The molecule has 0 saturated carbocycles. The molecule has 1 unspecified atom stereocenters. The van der Waals surface area contributed by atoms with Crippen molar-refractivity contribution < 1.29 is 22.7 Å². The maximum Gasteiger partial charge on any atom is 0.283 e. The summed E-state index contributed by atoms with van der Waals surface area (Å²) in [5, 5.41) is 2.54. The third-order valence-electron chi connectivity index (χ3n) is 4.52. The number of nitrogens with two attached hydrogens (primary N) is 1. The van der Waals surface area contributed by atoms with Crippen LogP contribution in [-0.2, 0) is 10.3 Å². The lowest BCUT2D eigenvalue weighted by molar-refractivity contribution is 0.102. The number of carbonyl (C=O) groups excluding carboxylic acids is 1. The largest absolute Gasteiger partial charge is 0.465 e. The standard InChI is InChI=1S/C19H18F3N5O2/c1-10(2)19(5-6-29-18(23)27-19)12-7-11(3-4-13(12)20)26-17(28)15-9-24-14(8-25-15)16(21)22/h3-4,7-9,16H,1,5-6H2,2H3,(H2,23,27)(H,26,28). The van der Waals surface area contributed by atoms with Gasteiger partial charge in [-0.1, -0.05) is 6.58 Å². The highest BCUT2D eigenvalue weighted by molar-refractivity contribution is 6.02. The Morgan fingerprint density at radius 1 is 1.34 bits per heavy atom. The molecule has 0 saturated heterocycles. The number of ether oxygens (including phenoxy) is 1. The Morgan fingerprint density at radius 3 is 2.69 bits per heavy atom. The number of hydrogen-bond donors (Lipinski definition) is 2. The Hall–Kier alpha value is -3.43. The molecule has 3 rings (SSSR count). The van der Waals surface area contributed by atoms with Gasteiger partial charge in [0.1, 0.15) is 22.7 Å². The predicted molar refractivity (Wildman–Crippen MR) is 100 cm³/mol. The number of benzene rings is 1. The van der Waals surface area contributed by atoms with Gasteiger partial charge in [-0.15, -0.1) is 0 Å². The Labute approximate surface area is 164 Å². The van der Waals surface area contributed by atoms with Crippen LogP contribution >= 0.6 is 0 Å². The highest BCUT2D eigenvalue weighted by Gasteiger charge is 2.38. The molecule has 152 valence electrons. The van der Waals surface area contributed by atoms with E-state index in [0.717, 1.165) is 12.4 Å². The van der Waals surface area contributed by atoms with Gasteiger partial charge in [0, 0.05) is 17.7 Å². The van der Waals surface area contributed by atoms with Crippen LogP contribution in [0, 0.1) is 5.82 Å². The van der Waals surface area contributed by atoms with Crippen LogP contribution in [0.5, 0.6) is 0 Å². The zero-order valence-corrected chi connectivity index (χ0v) is 15.5. The third-order valence-corrected chi connectivity index (χ3v) is 4.52. The lowest BCUT2D eigenvalue weighted by atomic mass is 9.81. The summed E-state index contributed by atoms with van der Waals surface area (Å²) in [6, 6.07) is 3.88. The molecule has 1 atom stereocenters. The average molecular weight is 405 g/mol. The fourth-order valence-electron chi connectivity index (χ4n) is 3.00. The monoisotopic (exact) mass is 405 g/mol. The van der Waals surface area contributed by atoms with Gasteiger partial charge in [0.05, 0.1) is 19.0 Å². The van der Waals surface area contributed by atoms with Crippen molar-refractivity contribution in [1.29, 1.82) is 0 Å². The van der Waals surface area contributed by atoms with Crippen LogP contribution in [0.1, 0.15) is 41.5 Å². The number of alkyl halides is 2. The van der Waals surface area contributed by atoms with Crippen LogP contribution in [0.15, 0.2) is 47.7 Å². The van der Waals surface area contributed by atoms with E-state index in [1.165, 1.54) is 18.2 Å². The van der Waals surface area contributed by atoms with Gasteiger partial charge in [-0.3, -0.25) is 9.78 Å². The number of aromatic nitrogens is 2. The van der Waals surface area contributed by atoms with Gasteiger partial charge in [0.2, 0.25) is 0 Å². The van der Waals surface area contributed by atoms with Crippen molar-refractivity contribution in [2.45, 2.75) is 25.3 Å². The number of anilines is 1. The van der Waals surface area contributed by atoms with Crippen LogP contribution < -0.4 is 11.1 Å². The second-order valence-electron chi connectivity index (χ2n) is 6.47. The van der Waals surface area contributed by atoms with E-state index >= 15 is 0 Å². The quantitative estimate of drug-likeness (QED) is 0.743. The lowest BCUT2D eigenvalue weighted by Crippen LogP contribution is -2.37. The lowest BCUT2D eigenvalue weighted by Gasteiger charge is -2.34. The summed E-state index contributed by atoms with van der Waals surface area (Å²) in [5.41, 5.74) is 4.84. The fourth-order valence-corrected chi connectivity index (χ4v) is 3.00. The summed E-state index contributed by atoms with van der Waals surface area (Å²) in [4.78, 5) is 23.8. The fraction of sp³-hybridized carbons (Fsp3) is 0.263. The summed E-state index contributed by atoms with van der Waals surface area (Å²) >= 11 is 0. The normalized spacial score (nSPS) is 18.7. The Morgan fingerprint density at radius 2 is 2.10 bits per heavy atom. The molecule has 0 spiro atoms. The van der Waals surface area contributed by atoms with Gasteiger partial charge in [0.25, 0.3) is 18.4 Å². The first-order valence-corrected chi connectivity index (χ1v) is 8.58. The van der Waals surface area contributed by atoms with E-state index in [9.17, 15) is 18.0 Å². The van der Waals surface area contributed by atoms with E-state index in [1.807, 2.05) is 0 Å². The molecular weight excluding hydrogens is 387 g/mol. The summed E-state index contributed by atoms with van der Waals surface area (Å²) in [5.74, 6) is -1.24. The number of carbonyl (C=O) groups is 1. The summed E-state index contributed by atoms with van der Waals surface area (Å²) in [7, 11) is 0. The third kappa shape index (κ3) is 4.05. The molecule has 0 fully saturated rings. The molecule has 0 aliphatic carbocycles. The molecule has 2 aromatic rings. The van der Waals surface area contributed by atoms with Gasteiger partial charge >= 0.3 is 0 Å². The highest BCUT2D eigenvalue weighted by Crippen LogP contribution is 2.40. The van der Waals surface area contributed by atoms with Crippen molar-refractivity contribution >= 4 is 17.6 Å². The van der Waals surface area contributed by atoms with Crippen molar-refractivity contribution in [1.82, 2.24) is 9.97 Å². The number of aliphatic imine (C=N–C) groups is 1. The van der Waals surface area contributed by atoms with Crippen molar-refractivity contribution in [2.24, 2.45) is 10.7 Å². The first-order valence-electron chi connectivity index (χ1n) is 8.58. The maximum atomic E-state index is 14.7. The molecule has 1 aromatic heterocycles. The van der Waals surface area contributed by atoms with Crippen molar-refractivity contribution in [3.8, 4) is 0 Å². The molecule has 1 aliphatic heterocycles. The minimum atomic E-state index is -2.79. The van der Waals surface area contributed by atoms with E-state index in [-0.39, 0.29) is 29.6 Å². The molecule has 29 heavy (non-hydrogen) atoms. The molecular formula is C19H18F3N5O2. The number of nitrogens with zero attached hydrogens (tertiary/aromatic N) is 3. The topological polar surface area (TPSA) is 102 Å². The number of hydrogen-bond acceptors (Lipinski definition) is 6. The summed E-state index contributed by atoms with van der Waals surface area (Å²) in [6.07, 6.45) is -0.700. The van der Waals surface area contributed by atoms with Crippen LogP contribution in [0.2, 0.25) is 0 Å².